The zero-order valence-electron chi connectivity index (χ0n) is 7.21. The van der Waals surface area contributed by atoms with Gasteiger partial charge in [0.1, 0.15) is 12.7 Å². The van der Waals surface area contributed by atoms with Crippen LogP contribution in [0.2, 0.25) is 0 Å². The maximum atomic E-state index is 7.49. The molecule has 12 heavy (non-hydrogen) atoms. The molecule has 0 aromatic rings. The van der Waals surface area contributed by atoms with Crippen LogP contribution in [0.1, 0.15) is 32.1 Å². The van der Waals surface area contributed by atoms with Crippen molar-refractivity contribution < 1.29 is 14.7 Å². The van der Waals surface area contributed by atoms with Gasteiger partial charge in [-0.15, -0.1) is 0 Å². The van der Waals surface area contributed by atoms with Gasteiger partial charge in [0.25, 0.3) is 0 Å². The third kappa shape index (κ3) is 2.17. The maximum Gasteiger partial charge on any atom is 0.236 e. The van der Waals surface area contributed by atoms with Crippen molar-refractivity contribution in [2.45, 2.75) is 44.4 Å². The minimum absolute atomic E-state index is 0.00748. The van der Waals surface area contributed by atoms with Crippen LogP contribution in [0.4, 0.5) is 0 Å². The van der Waals surface area contributed by atoms with E-state index in [1.807, 2.05) is 0 Å². The number of hydrogen-bond acceptors (Lipinski definition) is 2. The van der Waals surface area contributed by atoms with Crippen molar-refractivity contribution in [2.24, 2.45) is 0 Å². The summed E-state index contributed by atoms with van der Waals surface area (Å²) in [5.74, 6) is 7.49. The van der Waals surface area contributed by atoms with Gasteiger partial charge >= 0.3 is 0 Å². The standard InChI is InChI=1S/C8H16N2O2/c9-10(8-6-11-8)12-7-4-2-1-3-5-7/h7-10H,1-6H2. The second-order valence-corrected chi connectivity index (χ2v) is 3.56. The second-order valence-electron chi connectivity index (χ2n) is 3.56. The first-order chi connectivity index (χ1) is 5.86. The average molecular weight is 172 g/mol. The van der Waals surface area contributed by atoms with Crippen molar-refractivity contribution in [3.05, 3.63) is 5.84 Å². The van der Waals surface area contributed by atoms with Crippen molar-refractivity contribution >= 4 is 0 Å². The summed E-state index contributed by atoms with van der Waals surface area (Å²) in [4.78, 5) is 5.47. The third-order valence-corrected chi connectivity index (χ3v) is 2.47. The van der Waals surface area contributed by atoms with Crippen LogP contribution in [0, 0.1) is 0 Å². The Balaban J connectivity index is 1.69. The van der Waals surface area contributed by atoms with Gasteiger partial charge < -0.3 is 10.6 Å². The fourth-order valence-corrected chi connectivity index (χ4v) is 1.64. The van der Waals surface area contributed by atoms with Crippen LogP contribution in [-0.4, -0.2) is 18.9 Å². The minimum atomic E-state index is -0.00748. The summed E-state index contributed by atoms with van der Waals surface area (Å²) < 4.78 is 4.96. The molecular formula is C8H16N2O2. The molecular weight excluding hydrogens is 156 g/mol. The van der Waals surface area contributed by atoms with E-state index in [-0.39, 0.29) is 6.23 Å². The summed E-state index contributed by atoms with van der Waals surface area (Å²) in [7, 11) is 0. The molecule has 1 saturated carbocycles. The van der Waals surface area contributed by atoms with Gasteiger partial charge in [0.05, 0.1) is 0 Å². The number of hydrogen-bond donors (Lipinski definition) is 1. The first-order valence-electron chi connectivity index (χ1n) is 4.73. The van der Waals surface area contributed by atoms with Crippen molar-refractivity contribution in [1.82, 2.24) is 0 Å². The summed E-state index contributed by atoms with van der Waals surface area (Å²) in [5, 5.41) is 0.349. The zero-order valence-corrected chi connectivity index (χ0v) is 7.21. The zero-order chi connectivity index (χ0) is 8.39. The van der Waals surface area contributed by atoms with Gasteiger partial charge in [-0.1, -0.05) is 19.3 Å². The third-order valence-electron chi connectivity index (χ3n) is 2.47. The van der Waals surface area contributed by atoms with Crippen LogP contribution >= 0.6 is 0 Å². The van der Waals surface area contributed by atoms with Crippen molar-refractivity contribution in [2.75, 3.05) is 6.61 Å². The number of epoxide rings is 1. The Bertz CT molecular complexity index is 144. The molecule has 4 heteroatoms. The fourth-order valence-electron chi connectivity index (χ4n) is 1.64. The first kappa shape index (κ1) is 8.44. The lowest BCUT2D eigenvalue weighted by atomic mass is 9.98. The molecule has 1 aliphatic heterocycles. The molecule has 0 amide bonds. The van der Waals surface area contributed by atoms with Crippen molar-refractivity contribution in [3.63, 3.8) is 0 Å². The highest BCUT2D eigenvalue weighted by molar-refractivity contribution is 4.63. The molecule has 1 saturated heterocycles. The molecule has 2 atom stereocenters. The van der Waals surface area contributed by atoms with Crippen molar-refractivity contribution in [3.8, 4) is 0 Å². The average Bonchev–Trinajstić information content (AvgIpc) is 2.88. The number of rotatable bonds is 3. The molecule has 2 aliphatic rings. The fraction of sp³-hybridized carbons (Fsp3) is 1.00. The van der Waals surface area contributed by atoms with Crippen LogP contribution in [0.15, 0.2) is 0 Å². The quantitative estimate of drug-likeness (QED) is 0.496. The van der Waals surface area contributed by atoms with Gasteiger partial charge in [0.15, 0.2) is 0 Å². The largest absolute Gasteiger partial charge is 0.432 e. The Morgan fingerprint density at radius 3 is 2.50 bits per heavy atom. The lowest BCUT2D eigenvalue weighted by Gasteiger charge is -2.26. The first-order valence-corrected chi connectivity index (χ1v) is 4.73. The molecule has 70 valence electrons. The maximum absolute atomic E-state index is 7.49. The van der Waals surface area contributed by atoms with Crippen LogP contribution in [-0.2, 0) is 9.57 Å². The molecule has 2 unspecified atom stereocenters. The van der Waals surface area contributed by atoms with E-state index in [0.29, 0.717) is 17.9 Å². The van der Waals surface area contributed by atoms with Crippen molar-refractivity contribution in [1.29, 1.82) is 0 Å². The molecule has 0 bridgehead atoms. The Morgan fingerprint density at radius 2 is 1.92 bits per heavy atom. The highest BCUT2D eigenvalue weighted by Crippen LogP contribution is 2.19. The van der Waals surface area contributed by atoms with E-state index in [9.17, 15) is 0 Å². The lowest BCUT2D eigenvalue weighted by molar-refractivity contribution is -1.07. The summed E-state index contributed by atoms with van der Waals surface area (Å²) in [6, 6.07) is 0. The van der Waals surface area contributed by atoms with Gasteiger partial charge in [-0.2, -0.15) is 0 Å². The molecule has 2 N–H and O–H groups in total. The molecule has 1 heterocycles. The van der Waals surface area contributed by atoms with Gasteiger partial charge in [-0.05, 0) is 12.8 Å². The SMILES string of the molecule is [NH-][NH+](OC1CCCCC1)C1CO1. The minimum Gasteiger partial charge on any atom is -0.432 e. The molecule has 2 fully saturated rings. The highest BCUT2D eigenvalue weighted by atomic mass is 16.8. The van der Waals surface area contributed by atoms with Gasteiger partial charge in [0, 0.05) is 0 Å². The Morgan fingerprint density at radius 1 is 1.25 bits per heavy atom. The predicted octanol–water partition coefficient (Wildman–Crippen LogP) is 0.459. The Kier molecular flexibility index (Phi) is 2.60. The van der Waals surface area contributed by atoms with Crippen LogP contribution < -0.4 is 5.17 Å². The van der Waals surface area contributed by atoms with E-state index in [2.05, 4.69) is 0 Å². The van der Waals surface area contributed by atoms with Crippen LogP contribution in [0.5, 0.6) is 0 Å². The molecule has 0 aromatic heterocycles. The van der Waals surface area contributed by atoms with E-state index in [0.717, 1.165) is 12.8 Å². The van der Waals surface area contributed by atoms with E-state index < -0.39 is 0 Å². The van der Waals surface area contributed by atoms with E-state index in [1.54, 1.807) is 0 Å². The summed E-state index contributed by atoms with van der Waals surface area (Å²) >= 11 is 0. The monoisotopic (exact) mass is 172 g/mol. The number of nitrogens with one attached hydrogen (secondary N) is 2. The smallest absolute Gasteiger partial charge is 0.236 e. The number of ether oxygens (including phenoxy) is 1. The molecule has 2 rings (SSSR count). The molecule has 0 aromatic carbocycles. The normalized spacial score (nSPS) is 33.2. The summed E-state index contributed by atoms with van der Waals surface area (Å²) in [6.07, 6.45) is 6.37. The Hall–Kier alpha value is -0.160. The molecule has 1 aliphatic carbocycles. The second kappa shape index (κ2) is 3.70. The lowest BCUT2D eigenvalue weighted by Crippen LogP contribution is -3.07. The van der Waals surface area contributed by atoms with Gasteiger partial charge in [-0.25, -0.2) is 10.0 Å². The van der Waals surface area contributed by atoms with E-state index in [1.165, 1.54) is 19.3 Å². The predicted molar refractivity (Wildman–Crippen MR) is 43.0 cm³/mol. The summed E-state index contributed by atoms with van der Waals surface area (Å²) in [6.45, 7) is 0.686. The molecule has 0 radical (unpaired) electrons. The van der Waals surface area contributed by atoms with Gasteiger partial charge in [-0.3, -0.25) is 0 Å². The topological polar surface area (TPSA) is 50.0 Å². The Labute approximate surface area is 72.5 Å². The number of hydroxylamine groups is 1. The van der Waals surface area contributed by atoms with Crippen LogP contribution in [0.3, 0.4) is 0 Å². The van der Waals surface area contributed by atoms with E-state index >= 15 is 0 Å². The molecule has 0 spiro atoms. The molecule has 4 nitrogen and oxygen atoms in total. The highest BCUT2D eigenvalue weighted by Gasteiger charge is 2.32. The van der Waals surface area contributed by atoms with E-state index in [4.69, 9.17) is 15.4 Å². The summed E-state index contributed by atoms with van der Waals surface area (Å²) in [5.41, 5.74) is 0. The van der Waals surface area contributed by atoms with Gasteiger partial charge in [0.2, 0.25) is 6.23 Å². The van der Waals surface area contributed by atoms with Crippen LogP contribution in [0.25, 0.3) is 5.84 Å². The number of quaternary nitrogens is 1.